The van der Waals surface area contributed by atoms with Gasteiger partial charge in [-0.1, -0.05) is 78.9 Å². The molecule has 4 aromatic carbocycles. The van der Waals surface area contributed by atoms with Gasteiger partial charge in [-0.2, -0.15) is 0 Å². The second-order valence-corrected chi connectivity index (χ2v) is 9.09. The van der Waals surface area contributed by atoms with Crippen molar-refractivity contribution < 1.29 is 0 Å². The average Bonchev–Trinajstić information content (AvgIpc) is 3.22. The van der Waals surface area contributed by atoms with E-state index in [2.05, 4.69) is 127 Å². The largest absolute Gasteiger partial charge is 0.354 e. The molecule has 0 saturated heterocycles. The Morgan fingerprint density at radius 3 is 2.29 bits per heavy atom. The molecule has 0 spiro atoms. The van der Waals surface area contributed by atoms with Crippen LogP contribution in [-0.2, 0) is 6.42 Å². The zero-order valence-corrected chi connectivity index (χ0v) is 19.7. The number of hydrogen-bond acceptors (Lipinski definition) is 1. The molecule has 34 heavy (non-hydrogen) atoms. The summed E-state index contributed by atoms with van der Waals surface area (Å²) in [5, 5.41) is 5.12. The molecule has 0 fully saturated rings. The van der Waals surface area contributed by atoms with E-state index in [4.69, 9.17) is 0 Å². The van der Waals surface area contributed by atoms with E-state index in [1.165, 1.54) is 50.1 Å². The zero-order chi connectivity index (χ0) is 23.1. The van der Waals surface area contributed by atoms with E-state index in [1.807, 2.05) is 0 Å². The SMILES string of the molecule is Cc1ccccc1-c1cccc(Nc2cccc3c4c(n(-c5ccccc5)c23)CCC=C4)c1C. The van der Waals surface area contributed by atoms with Gasteiger partial charge >= 0.3 is 0 Å². The Labute approximate surface area is 201 Å². The zero-order valence-electron chi connectivity index (χ0n) is 19.7. The molecule has 6 rings (SSSR count). The predicted molar refractivity (Wildman–Crippen MR) is 145 cm³/mol. The molecule has 2 heteroatoms. The summed E-state index contributed by atoms with van der Waals surface area (Å²) in [5.41, 5.74) is 12.6. The summed E-state index contributed by atoms with van der Waals surface area (Å²) < 4.78 is 2.46. The van der Waals surface area contributed by atoms with Crippen LogP contribution in [0.5, 0.6) is 0 Å². The molecule has 1 aliphatic carbocycles. The smallest absolute Gasteiger partial charge is 0.0773 e. The highest BCUT2D eigenvalue weighted by atomic mass is 15.0. The molecule has 1 N–H and O–H groups in total. The molecule has 1 aliphatic rings. The van der Waals surface area contributed by atoms with Crippen LogP contribution >= 0.6 is 0 Å². The topological polar surface area (TPSA) is 17.0 Å². The van der Waals surface area contributed by atoms with Crippen LogP contribution in [0.3, 0.4) is 0 Å². The fourth-order valence-electron chi connectivity index (χ4n) is 5.31. The number of aryl methyl sites for hydroxylation is 1. The minimum Gasteiger partial charge on any atom is -0.354 e. The van der Waals surface area contributed by atoms with Crippen molar-refractivity contribution >= 4 is 28.4 Å². The Bertz CT molecular complexity index is 1540. The molecule has 0 radical (unpaired) electrons. The van der Waals surface area contributed by atoms with Crippen LogP contribution < -0.4 is 5.32 Å². The number of nitrogens with one attached hydrogen (secondary N) is 1. The van der Waals surface area contributed by atoms with Crippen LogP contribution in [0.2, 0.25) is 0 Å². The van der Waals surface area contributed by atoms with Crippen molar-refractivity contribution in [3.63, 3.8) is 0 Å². The Morgan fingerprint density at radius 2 is 1.44 bits per heavy atom. The van der Waals surface area contributed by atoms with Gasteiger partial charge in [0.25, 0.3) is 0 Å². The van der Waals surface area contributed by atoms with Crippen molar-refractivity contribution in [1.82, 2.24) is 4.57 Å². The van der Waals surface area contributed by atoms with Gasteiger partial charge in [-0.15, -0.1) is 0 Å². The molecule has 0 aliphatic heterocycles. The van der Waals surface area contributed by atoms with E-state index in [0.29, 0.717) is 0 Å². The molecule has 0 atom stereocenters. The summed E-state index contributed by atoms with van der Waals surface area (Å²) in [5.74, 6) is 0. The Morgan fingerprint density at radius 1 is 0.706 bits per heavy atom. The minimum absolute atomic E-state index is 1.05. The number of anilines is 2. The summed E-state index contributed by atoms with van der Waals surface area (Å²) in [4.78, 5) is 0. The van der Waals surface area contributed by atoms with E-state index in [1.54, 1.807) is 0 Å². The van der Waals surface area contributed by atoms with Crippen LogP contribution in [-0.4, -0.2) is 4.57 Å². The fraction of sp³-hybridized carbons (Fsp3) is 0.125. The molecule has 1 aromatic heterocycles. The van der Waals surface area contributed by atoms with Crippen LogP contribution in [0.1, 0.15) is 28.8 Å². The summed E-state index contributed by atoms with van der Waals surface area (Å²) in [6, 6.07) is 32.5. The first kappa shape index (κ1) is 20.6. The standard InChI is InChI=1S/C32H28N2/c1-22-12-6-7-15-25(22)26-17-10-19-29(23(26)2)33-30-20-11-18-28-27-16-8-9-21-31(27)34(32(28)30)24-13-4-3-5-14-24/h3-8,10-20,33H,9,21H2,1-2H3. The summed E-state index contributed by atoms with van der Waals surface area (Å²) in [7, 11) is 0. The Kier molecular flexibility index (Phi) is 5.07. The molecule has 1 heterocycles. The minimum atomic E-state index is 1.05. The van der Waals surface area contributed by atoms with Gasteiger partial charge in [0.2, 0.25) is 0 Å². The fourth-order valence-corrected chi connectivity index (χ4v) is 5.31. The lowest BCUT2D eigenvalue weighted by Crippen LogP contribution is -2.04. The number of nitrogens with zero attached hydrogens (tertiary/aromatic N) is 1. The lowest BCUT2D eigenvalue weighted by Gasteiger charge is -2.18. The number of rotatable bonds is 4. The molecule has 0 amide bonds. The number of hydrogen-bond donors (Lipinski definition) is 1. The van der Waals surface area contributed by atoms with Gasteiger partial charge in [0.05, 0.1) is 11.2 Å². The highest BCUT2D eigenvalue weighted by Crippen LogP contribution is 2.39. The third-order valence-electron chi connectivity index (χ3n) is 7.02. The van der Waals surface area contributed by atoms with Crippen molar-refractivity contribution in [1.29, 1.82) is 0 Å². The molecule has 0 unspecified atom stereocenters. The van der Waals surface area contributed by atoms with E-state index < -0.39 is 0 Å². The van der Waals surface area contributed by atoms with Crippen LogP contribution in [0.4, 0.5) is 11.4 Å². The number of fused-ring (bicyclic) bond motifs is 3. The molecular weight excluding hydrogens is 412 g/mol. The maximum Gasteiger partial charge on any atom is 0.0773 e. The Hall–Kier alpha value is -4.04. The second-order valence-electron chi connectivity index (χ2n) is 9.09. The average molecular weight is 441 g/mol. The molecule has 0 saturated carbocycles. The highest BCUT2D eigenvalue weighted by Gasteiger charge is 2.21. The maximum absolute atomic E-state index is 3.82. The number of allylic oxidation sites excluding steroid dienone is 1. The van der Waals surface area contributed by atoms with Crippen LogP contribution in [0.25, 0.3) is 33.8 Å². The molecular formula is C32H28N2. The first-order valence-corrected chi connectivity index (χ1v) is 12.0. The van der Waals surface area contributed by atoms with Gasteiger partial charge < -0.3 is 9.88 Å². The first-order chi connectivity index (χ1) is 16.7. The monoisotopic (exact) mass is 440 g/mol. The third-order valence-corrected chi connectivity index (χ3v) is 7.02. The quantitative estimate of drug-likeness (QED) is 0.296. The normalized spacial score (nSPS) is 12.6. The van der Waals surface area contributed by atoms with Crippen molar-refractivity contribution in [3.05, 3.63) is 119 Å². The van der Waals surface area contributed by atoms with Gasteiger partial charge in [-0.3, -0.25) is 0 Å². The number of para-hydroxylation sites is 2. The molecule has 2 nitrogen and oxygen atoms in total. The molecule has 166 valence electrons. The highest BCUT2D eigenvalue weighted by molar-refractivity contribution is 6.01. The predicted octanol–water partition coefficient (Wildman–Crippen LogP) is 8.62. The van der Waals surface area contributed by atoms with Gasteiger partial charge in [0.1, 0.15) is 0 Å². The van der Waals surface area contributed by atoms with E-state index in [9.17, 15) is 0 Å². The van der Waals surface area contributed by atoms with Gasteiger partial charge in [-0.05, 0) is 73.2 Å². The maximum atomic E-state index is 3.82. The second kappa shape index (κ2) is 8.39. The summed E-state index contributed by atoms with van der Waals surface area (Å²) in [6.07, 6.45) is 6.73. The Balaban J connectivity index is 1.54. The van der Waals surface area contributed by atoms with Crippen molar-refractivity contribution in [2.75, 3.05) is 5.32 Å². The lowest BCUT2D eigenvalue weighted by atomic mass is 9.95. The van der Waals surface area contributed by atoms with Gasteiger partial charge in [-0.25, -0.2) is 0 Å². The van der Waals surface area contributed by atoms with Crippen LogP contribution in [0, 0.1) is 13.8 Å². The van der Waals surface area contributed by atoms with Gasteiger partial charge in [0, 0.05) is 28.0 Å². The summed E-state index contributed by atoms with van der Waals surface area (Å²) in [6.45, 7) is 4.40. The molecule has 0 bridgehead atoms. The lowest BCUT2D eigenvalue weighted by molar-refractivity contribution is 0.889. The van der Waals surface area contributed by atoms with Crippen molar-refractivity contribution in [2.45, 2.75) is 26.7 Å². The first-order valence-electron chi connectivity index (χ1n) is 12.0. The van der Waals surface area contributed by atoms with Crippen molar-refractivity contribution in [2.24, 2.45) is 0 Å². The van der Waals surface area contributed by atoms with E-state index >= 15 is 0 Å². The van der Waals surface area contributed by atoms with Crippen molar-refractivity contribution in [3.8, 4) is 16.8 Å². The third kappa shape index (κ3) is 3.34. The van der Waals surface area contributed by atoms with Gasteiger partial charge in [0.15, 0.2) is 0 Å². The molecule has 5 aromatic rings. The van der Waals surface area contributed by atoms with E-state index in [-0.39, 0.29) is 0 Å². The van der Waals surface area contributed by atoms with Crippen LogP contribution in [0.15, 0.2) is 97.1 Å². The summed E-state index contributed by atoms with van der Waals surface area (Å²) >= 11 is 0. The number of benzene rings is 4. The number of aromatic nitrogens is 1. The van der Waals surface area contributed by atoms with E-state index in [0.717, 1.165) is 24.2 Å².